The summed E-state index contributed by atoms with van der Waals surface area (Å²) in [5.74, 6) is -0.365. The van der Waals surface area contributed by atoms with Crippen LogP contribution < -0.4 is 0 Å². The van der Waals surface area contributed by atoms with E-state index in [0.717, 1.165) is 20.2 Å². The van der Waals surface area contributed by atoms with Crippen LogP contribution >= 0.6 is 22.6 Å². The largest absolute Gasteiger partial charge is 0.461 e. The Morgan fingerprint density at radius 2 is 2.04 bits per heavy atom. The summed E-state index contributed by atoms with van der Waals surface area (Å²) < 4.78 is 7.93. The lowest BCUT2D eigenvalue weighted by atomic mass is 10.2. The van der Waals surface area contributed by atoms with Gasteiger partial charge in [-0.15, -0.1) is 0 Å². The van der Waals surface area contributed by atoms with Gasteiger partial charge < -0.3 is 9.30 Å². The van der Waals surface area contributed by atoms with Gasteiger partial charge in [0.25, 0.3) is 0 Å². The highest BCUT2D eigenvalue weighted by atomic mass is 127. The number of hydrogen-bond acceptors (Lipinski definition) is 3. The van der Waals surface area contributed by atoms with E-state index in [1.165, 1.54) is 0 Å². The lowest BCUT2D eigenvalue weighted by molar-refractivity contribution is 0.0516. The Hall–Kier alpha value is -2.33. The number of carbonyl (C=O) groups excluding carboxylic acids is 1. The van der Waals surface area contributed by atoms with Crippen molar-refractivity contribution >= 4 is 39.5 Å². The van der Waals surface area contributed by atoms with Gasteiger partial charge in [-0.05, 0) is 53.8 Å². The molecule has 1 aromatic heterocycles. The van der Waals surface area contributed by atoms with E-state index in [0.29, 0.717) is 17.9 Å². The second-order valence-corrected chi connectivity index (χ2v) is 5.98. The molecule has 2 aromatic carbocycles. The molecule has 0 aliphatic carbocycles. The molecule has 0 amide bonds. The zero-order chi connectivity index (χ0) is 16.4. The van der Waals surface area contributed by atoms with Crippen LogP contribution in [0.3, 0.4) is 0 Å². The van der Waals surface area contributed by atoms with Crippen LogP contribution in [0.4, 0.5) is 0 Å². The fourth-order valence-electron chi connectivity index (χ4n) is 2.56. The average molecular weight is 416 g/mol. The molecule has 0 saturated heterocycles. The van der Waals surface area contributed by atoms with Gasteiger partial charge in [-0.25, -0.2) is 4.79 Å². The normalized spacial score (nSPS) is 10.5. The molecule has 0 N–H and O–H groups in total. The summed E-state index contributed by atoms with van der Waals surface area (Å²) in [7, 11) is 0. The van der Waals surface area contributed by atoms with Crippen LogP contribution in [0.1, 0.15) is 23.0 Å². The van der Waals surface area contributed by atoms with Crippen molar-refractivity contribution in [3.63, 3.8) is 0 Å². The zero-order valence-electron chi connectivity index (χ0n) is 12.4. The fourth-order valence-corrected chi connectivity index (χ4v) is 3.48. The van der Waals surface area contributed by atoms with Crippen molar-refractivity contribution in [3.8, 4) is 11.8 Å². The number of carbonyl (C=O) groups is 1. The molecule has 0 atom stereocenters. The first-order valence-electron chi connectivity index (χ1n) is 7.14. The minimum absolute atomic E-state index is 0.314. The molecule has 0 aliphatic rings. The Kier molecular flexibility index (Phi) is 4.35. The molecule has 0 bridgehead atoms. The van der Waals surface area contributed by atoms with Gasteiger partial charge in [-0.1, -0.05) is 24.3 Å². The third-order valence-electron chi connectivity index (χ3n) is 3.52. The summed E-state index contributed by atoms with van der Waals surface area (Å²) in [6, 6.07) is 17.1. The minimum Gasteiger partial charge on any atom is -0.461 e. The fraction of sp³-hybridized carbons (Fsp3) is 0.111. The van der Waals surface area contributed by atoms with Crippen molar-refractivity contribution in [2.75, 3.05) is 6.61 Å². The van der Waals surface area contributed by atoms with Gasteiger partial charge in [0.15, 0.2) is 0 Å². The molecule has 3 rings (SSSR count). The Balaban J connectivity index is 2.35. The van der Waals surface area contributed by atoms with Crippen LogP contribution in [-0.4, -0.2) is 17.1 Å². The van der Waals surface area contributed by atoms with E-state index in [9.17, 15) is 4.79 Å². The second kappa shape index (κ2) is 6.42. The van der Waals surface area contributed by atoms with E-state index in [-0.39, 0.29) is 5.97 Å². The number of hydrogen-bond donors (Lipinski definition) is 0. The van der Waals surface area contributed by atoms with Gasteiger partial charge in [0.05, 0.1) is 27.3 Å². The zero-order valence-corrected chi connectivity index (χ0v) is 14.6. The number of halogens is 1. The number of para-hydroxylation sites is 1. The van der Waals surface area contributed by atoms with Crippen LogP contribution in [0, 0.1) is 14.9 Å². The van der Waals surface area contributed by atoms with Gasteiger partial charge in [0, 0.05) is 11.1 Å². The summed E-state index contributed by atoms with van der Waals surface area (Å²) in [5.41, 5.74) is 2.72. The number of nitriles is 1. The van der Waals surface area contributed by atoms with Gasteiger partial charge in [-0.2, -0.15) is 5.26 Å². The van der Waals surface area contributed by atoms with Gasteiger partial charge in [-0.3, -0.25) is 0 Å². The number of ether oxygens (including phenoxy) is 1. The monoisotopic (exact) mass is 416 g/mol. The van der Waals surface area contributed by atoms with E-state index in [1.54, 1.807) is 19.1 Å². The predicted octanol–water partition coefficient (Wildman–Crippen LogP) is 4.28. The van der Waals surface area contributed by atoms with Crippen molar-refractivity contribution in [2.45, 2.75) is 6.92 Å². The standard InChI is InChI=1S/C18H13IN2O2/c1-2-23-18(22)17-16(19)14-8-3-4-9-15(14)21(17)13-7-5-6-12(10-13)11-20/h3-10H,2H2,1H3. The molecule has 3 aromatic rings. The Labute approximate surface area is 147 Å². The minimum atomic E-state index is -0.365. The van der Waals surface area contributed by atoms with Gasteiger partial charge >= 0.3 is 5.97 Å². The molecular formula is C18H13IN2O2. The van der Waals surface area contributed by atoms with Crippen LogP contribution in [0.5, 0.6) is 0 Å². The topological polar surface area (TPSA) is 55.0 Å². The van der Waals surface area contributed by atoms with Gasteiger partial charge in [0.2, 0.25) is 0 Å². The van der Waals surface area contributed by atoms with Crippen molar-refractivity contribution < 1.29 is 9.53 Å². The smallest absolute Gasteiger partial charge is 0.356 e. The maximum atomic E-state index is 12.5. The molecule has 0 aliphatic heterocycles. The molecule has 5 heteroatoms. The van der Waals surface area contributed by atoms with Gasteiger partial charge in [0.1, 0.15) is 5.69 Å². The maximum absolute atomic E-state index is 12.5. The highest BCUT2D eigenvalue weighted by Gasteiger charge is 2.23. The quantitative estimate of drug-likeness (QED) is 0.473. The van der Waals surface area contributed by atoms with Crippen molar-refractivity contribution in [3.05, 3.63) is 63.4 Å². The highest BCUT2D eigenvalue weighted by Crippen LogP contribution is 2.31. The molecule has 23 heavy (non-hydrogen) atoms. The van der Waals surface area contributed by atoms with Crippen LogP contribution in [0.15, 0.2) is 48.5 Å². The molecule has 114 valence electrons. The van der Waals surface area contributed by atoms with Crippen LogP contribution in [-0.2, 0) is 4.74 Å². The van der Waals surface area contributed by atoms with Crippen LogP contribution in [0.25, 0.3) is 16.6 Å². The van der Waals surface area contributed by atoms with E-state index >= 15 is 0 Å². The third-order valence-corrected chi connectivity index (χ3v) is 4.61. The van der Waals surface area contributed by atoms with Crippen molar-refractivity contribution in [1.82, 2.24) is 4.57 Å². The Bertz CT molecular complexity index is 938. The summed E-state index contributed by atoms with van der Waals surface area (Å²) in [6.45, 7) is 2.10. The number of nitrogens with zero attached hydrogens (tertiary/aromatic N) is 2. The van der Waals surface area contributed by atoms with E-state index in [2.05, 4.69) is 28.7 Å². The summed E-state index contributed by atoms with van der Waals surface area (Å²) in [6.07, 6.45) is 0. The van der Waals surface area contributed by atoms with Crippen molar-refractivity contribution in [2.24, 2.45) is 0 Å². The van der Waals surface area contributed by atoms with Crippen LogP contribution in [0.2, 0.25) is 0 Å². The number of benzene rings is 2. The number of fused-ring (bicyclic) bond motifs is 1. The summed E-state index contributed by atoms with van der Waals surface area (Å²) in [4.78, 5) is 12.5. The lowest BCUT2D eigenvalue weighted by Crippen LogP contribution is -2.12. The number of aromatic nitrogens is 1. The lowest BCUT2D eigenvalue weighted by Gasteiger charge is -2.11. The molecule has 4 nitrogen and oxygen atoms in total. The number of esters is 1. The second-order valence-electron chi connectivity index (χ2n) is 4.90. The van der Waals surface area contributed by atoms with E-state index in [1.807, 2.05) is 41.0 Å². The number of rotatable bonds is 3. The Morgan fingerprint density at radius 1 is 1.26 bits per heavy atom. The van der Waals surface area contributed by atoms with Crippen molar-refractivity contribution in [1.29, 1.82) is 5.26 Å². The highest BCUT2D eigenvalue weighted by molar-refractivity contribution is 14.1. The molecule has 0 unspecified atom stereocenters. The first-order chi connectivity index (χ1) is 11.2. The first kappa shape index (κ1) is 15.6. The third kappa shape index (κ3) is 2.70. The Morgan fingerprint density at radius 3 is 2.78 bits per heavy atom. The maximum Gasteiger partial charge on any atom is 0.356 e. The van der Waals surface area contributed by atoms with E-state index in [4.69, 9.17) is 10.00 Å². The predicted molar refractivity (Wildman–Crippen MR) is 96.7 cm³/mol. The summed E-state index contributed by atoms with van der Waals surface area (Å²) >= 11 is 2.17. The molecule has 0 radical (unpaired) electrons. The molecule has 0 spiro atoms. The molecule has 0 saturated carbocycles. The molecule has 1 heterocycles. The average Bonchev–Trinajstić information content (AvgIpc) is 2.88. The van der Waals surface area contributed by atoms with E-state index < -0.39 is 0 Å². The molecule has 0 fully saturated rings. The first-order valence-corrected chi connectivity index (χ1v) is 8.21. The molecular weight excluding hydrogens is 403 g/mol. The SMILES string of the molecule is CCOC(=O)c1c(I)c2ccccc2n1-c1cccc(C#N)c1. The summed E-state index contributed by atoms with van der Waals surface area (Å²) in [5, 5.41) is 10.1.